The van der Waals surface area contributed by atoms with Crippen molar-refractivity contribution in [2.24, 2.45) is 0 Å². The average Bonchev–Trinajstić information content (AvgIpc) is 3.16. The van der Waals surface area contributed by atoms with Crippen LogP contribution in [0.15, 0.2) is 57.6 Å². The van der Waals surface area contributed by atoms with Crippen molar-refractivity contribution in [2.45, 2.75) is 27.7 Å². The molecule has 4 nitrogen and oxygen atoms in total. The molecule has 0 aliphatic carbocycles. The van der Waals surface area contributed by atoms with Gasteiger partial charge in [-0.1, -0.05) is 58.8 Å². The number of nitrogens with zero attached hydrogens (tertiary/aromatic N) is 2. The van der Waals surface area contributed by atoms with Gasteiger partial charge in [-0.05, 0) is 49.9 Å². The fourth-order valence-corrected chi connectivity index (χ4v) is 3.53. The quantitative estimate of drug-likeness (QED) is 0.464. The molecule has 4 heteroatoms. The van der Waals surface area contributed by atoms with Gasteiger partial charge in [-0.25, -0.2) is 0 Å². The second-order valence-corrected chi connectivity index (χ2v) is 6.52. The molecule has 0 amide bonds. The summed E-state index contributed by atoms with van der Waals surface area (Å²) in [6.07, 6.45) is 0. The first-order chi connectivity index (χ1) is 12.6. The Kier molecular flexibility index (Phi) is 3.96. The molecule has 0 spiro atoms. The summed E-state index contributed by atoms with van der Waals surface area (Å²) in [5.41, 5.74) is 8.50. The standard InChI is InChI=1S/C22H20N2O2/c1-13-21(15(3)25-23-13)18-11-9-17(10-12-18)19-7-5-6-8-20(19)22-14(2)24-26-16(22)4/h5-12H,1-4H3. The Balaban J connectivity index is 1.81. The van der Waals surface area contributed by atoms with Crippen molar-refractivity contribution in [1.82, 2.24) is 10.3 Å². The van der Waals surface area contributed by atoms with Crippen molar-refractivity contribution in [3.8, 4) is 33.4 Å². The van der Waals surface area contributed by atoms with Gasteiger partial charge in [-0.15, -0.1) is 0 Å². The molecule has 0 N–H and O–H groups in total. The van der Waals surface area contributed by atoms with Crippen LogP contribution >= 0.6 is 0 Å². The van der Waals surface area contributed by atoms with E-state index < -0.39 is 0 Å². The van der Waals surface area contributed by atoms with Gasteiger partial charge in [0.05, 0.1) is 11.4 Å². The van der Waals surface area contributed by atoms with E-state index in [0.717, 1.165) is 56.3 Å². The van der Waals surface area contributed by atoms with Gasteiger partial charge >= 0.3 is 0 Å². The molecule has 0 radical (unpaired) electrons. The van der Waals surface area contributed by atoms with Crippen LogP contribution in [-0.2, 0) is 0 Å². The van der Waals surface area contributed by atoms with E-state index in [1.165, 1.54) is 0 Å². The highest BCUT2D eigenvalue weighted by molar-refractivity contribution is 5.86. The summed E-state index contributed by atoms with van der Waals surface area (Å²) >= 11 is 0. The molecule has 130 valence electrons. The van der Waals surface area contributed by atoms with Crippen LogP contribution in [0, 0.1) is 27.7 Å². The molecule has 0 bridgehead atoms. The predicted octanol–water partition coefficient (Wildman–Crippen LogP) is 5.90. The Hall–Kier alpha value is -3.14. The summed E-state index contributed by atoms with van der Waals surface area (Å²) in [5, 5.41) is 8.15. The summed E-state index contributed by atoms with van der Waals surface area (Å²) < 4.78 is 10.7. The van der Waals surface area contributed by atoms with Crippen LogP contribution in [0.4, 0.5) is 0 Å². The molecule has 2 aromatic heterocycles. The van der Waals surface area contributed by atoms with Gasteiger partial charge < -0.3 is 9.05 Å². The molecule has 2 heterocycles. The minimum atomic E-state index is 0.835. The Bertz CT molecular complexity index is 1030. The minimum Gasteiger partial charge on any atom is -0.361 e. The molecule has 0 aliphatic rings. The third-order valence-electron chi connectivity index (χ3n) is 4.75. The lowest BCUT2D eigenvalue weighted by Crippen LogP contribution is -1.88. The maximum absolute atomic E-state index is 5.37. The predicted molar refractivity (Wildman–Crippen MR) is 102 cm³/mol. The Morgan fingerprint density at radius 2 is 1.08 bits per heavy atom. The molecule has 0 fully saturated rings. The smallest absolute Gasteiger partial charge is 0.141 e. The highest BCUT2D eigenvalue weighted by Crippen LogP contribution is 2.36. The Labute approximate surface area is 152 Å². The van der Waals surface area contributed by atoms with E-state index in [2.05, 4.69) is 52.8 Å². The third kappa shape index (κ3) is 2.64. The van der Waals surface area contributed by atoms with Gasteiger partial charge in [0.2, 0.25) is 0 Å². The number of rotatable bonds is 3. The molecular weight excluding hydrogens is 324 g/mol. The van der Waals surface area contributed by atoms with Gasteiger partial charge in [0.1, 0.15) is 11.5 Å². The van der Waals surface area contributed by atoms with Crippen molar-refractivity contribution in [1.29, 1.82) is 0 Å². The number of hydrogen-bond acceptors (Lipinski definition) is 4. The number of hydrogen-bond donors (Lipinski definition) is 0. The lowest BCUT2D eigenvalue weighted by atomic mass is 9.92. The first-order valence-electron chi connectivity index (χ1n) is 8.62. The monoisotopic (exact) mass is 344 g/mol. The Morgan fingerprint density at radius 1 is 0.577 bits per heavy atom. The maximum atomic E-state index is 5.37. The van der Waals surface area contributed by atoms with Crippen molar-refractivity contribution >= 4 is 0 Å². The molecule has 0 saturated heterocycles. The zero-order valence-corrected chi connectivity index (χ0v) is 15.3. The largest absolute Gasteiger partial charge is 0.361 e. The van der Waals surface area contributed by atoms with Crippen molar-refractivity contribution in [2.75, 3.05) is 0 Å². The van der Waals surface area contributed by atoms with E-state index in [-0.39, 0.29) is 0 Å². The first kappa shape index (κ1) is 16.3. The molecular formula is C22H20N2O2. The average molecular weight is 344 g/mol. The lowest BCUT2D eigenvalue weighted by Gasteiger charge is -2.10. The summed E-state index contributed by atoms with van der Waals surface area (Å²) in [6, 6.07) is 16.9. The van der Waals surface area contributed by atoms with E-state index in [4.69, 9.17) is 9.05 Å². The summed E-state index contributed by atoms with van der Waals surface area (Å²) in [6.45, 7) is 7.83. The molecule has 26 heavy (non-hydrogen) atoms. The second kappa shape index (κ2) is 6.30. The van der Waals surface area contributed by atoms with Gasteiger partial charge in [-0.2, -0.15) is 0 Å². The Morgan fingerprint density at radius 3 is 1.62 bits per heavy atom. The lowest BCUT2D eigenvalue weighted by molar-refractivity contribution is 0.393. The van der Waals surface area contributed by atoms with Crippen LogP contribution in [0.1, 0.15) is 22.9 Å². The van der Waals surface area contributed by atoms with E-state index in [0.29, 0.717) is 0 Å². The highest BCUT2D eigenvalue weighted by atomic mass is 16.5. The summed E-state index contributed by atoms with van der Waals surface area (Å²) in [4.78, 5) is 0. The number of aromatic nitrogens is 2. The molecule has 2 aromatic carbocycles. The minimum absolute atomic E-state index is 0.835. The first-order valence-corrected chi connectivity index (χ1v) is 8.62. The summed E-state index contributed by atoms with van der Waals surface area (Å²) in [5.74, 6) is 1.67. The number of benzene rings is 2. The summed E-state index contributed by atoms with van der Waals surface area (Å²) in [7, 11) is 0. The van der Waals surface area contributed by atoms with Crippen LogP contribution in [0.3, 0.4) is 0 Å². The molecule has 4 rings (SSSR count). The van der Waals surface area contributed by atoms with Crippen LogP contribution in [-0.4, -0.2) is 10.3 Å². The van der Waals surface area contributed by atoms with E-state index in [1.54, 1.807) is 0 Å². The van der Waals surface area contributed by atoms with Crippen LogP contribution in [0.2, 0.25) is 0 Å². The molecule has 4 aromatic rings. The number of aryl methyl sites for hydroxylation is 4. The molecule has 0 atom stereocenters. The van der Waals surface area contributed by atoms with E-state index in [1.807, 2.05) is 33.8 Å². The van der Waals surface area contributed by atoms with Gasteiger partial charge in [0.15, 0.2) is 0 Å². The van der Waals surface area contributed by atoms with Crippen LogP contribution in [0.25, 0.3) is 33.4 Å². The maximum Gasteiger partial charge on any atom is 0.141 e. The van der Waals surface area contributed by atoms with Crippen LogP contribution in [0.5, 0.6) is 0 Å². The zero-order valence-electron chi connectivity index (χ0n) is 15.3. The van der Waals surface area contributed by atoms with Crippen molar-refractivity contribution < 1.29 is 9.05 Å². The van der Waals surface area contributed by atoms with Crippen molar-refractivity contribution in [3.05, 3.63) is 71.4 Å². The topological polar surface area (TPSA) is 52.1 Å². The van der Waals surface area contributed by atoms with E-state index >= 15 is 0 Å². The normalized spacial score (nSPS) is 11.1. The molecule has 0 saturated carbocycles. The second-order valence-electron chi connectivity index (χ2n) is 6.52. The zero-order chi connectivity index (χ0) is 18.3. The third-order valence-corrected chi connectivity index (χ3v) is 4.75. The van der Waals surface area contributed by atoms with Gasteiger partial charge in [0.25, 0.3) is 0 Å². The fraction of sp³-hybridized carbons (Fsp3) is 0.182. The fourth-order valence-electron chi connectivity index (χ4n) is 3.53. The molecule has 0 unspecified atom stereocenters. The van der Waals surface area contributed by atoms with Gasteiger partial charge in [-0.3, -0.25) is 0 Å². The van der Waals surface area contributed by atoms with Crippen LogP contribution < -0.4 is 0 Å². The van der Waals surface area contributed by atoms with E-state index in [9.17, 15) is 0 Å². The molecule has 0 aliphatic heterocycles. The van der Waals surface area contributed by atoms with Crippen molar-refractivity contribution in [3.63, 3.8) is 0 Å². The highest BCUT2D eigenvalue weighted by Gasteiger charge is 2.16. The SMILES string of the molecule is Cc1noc(C)c1-c1ccc(-c2ccccc2-c2c(C)noc2C)cc1. The van der Waals surface area contributed by atoms with Gasteiger partial charge in [0, 0.05) is 11.1 Å².